The predicted molar refractivity (Wildman–Crippen MR) is 143 cm³/mol. The highest BCUT2D eigenvalue weighted by atomic mass is 16.2. The third kappa shape index (κ3) is 4.67. The molecule has 38 heavy (non-hydrogen) atoms. The van der Waals surface area contributed by atoms with E-state index in [1.807, 2.05) is 36.7 Å². The summed E-state index contributed by atoms with van der Waals surface area (Å²) in [4.78, 5) is 45.3. The lowest BCUT2D eigenvalue weighted by atomic mass is 9.92. The monoisotopic (exact) mass is 509 g/mol. The van der Waals surface area contributed by atoms with Crippen molar-refractivity contribution in [2.45, 2.75) is 51.4 Å². The van der Waals surface area contributed by atoms with Crippen LogP contribution in [0, 0.1) is 6.92 Å². The number of piperidine rings is 1. The molecule has 194 valence electrons. The summed E-state index contributed by atoms with van der Waals surface area (Å²) in [6, 6.07) is 15.8. The predicted octanol–water partition coefficient (Wildman–Crippen LogP) is 3.36. The van der Waals surface area contributed by atoms with E-state index in [2.05, 4.69) is 51.7 Å². The number of fused-ring (bicyclic) bond motifs is 1. The third-order valence-corrected chi connectivity index (χ3v) is 7.98. The van der Waals surface area contributed by atoms with Gasteiger partial charge in [0.15, 0.2) is 0 Å². The molecule has 1 unspecified atom stereocenters. The van der Waals surface area contributed by atoms with Gasteiger partial charge in [0.05, 0.1) is 0 Å². The number of amides is 3. The van der Waals surface area contributed by atoms with Crippen LogP contribution in [-0.2, 0) is 29.2 Å². The van der Waals surface area contributed by atoms with E-state index in [9.17, 15) is 14.4 Å². The van der Waals surface area contributed by atoms with Gasteiger partial charge in [0.2, 0.25) is 11.8 Å². The van der Waals surface area contributed by atoms with Gasteiger partial charge in [-0.3, -0.25) is 29.6 Å². The van der Waals surface area contributed by atoms with Gasteiger partial charge in [0.25, 0.3) is 5.91 Å². The number of aryl methyl sites for hydroxylation is 1. The van der Waals surface area contributed by atoms with Crippen molar-refractivity contribution < 1.29 is 14.4 Å². The minimum atomic E-state index is -0.610. The Morgan fingerprint density at radius 1 is 1.08 bits per heavy atom. The van der Waals surface area contributed by atoms with Crippen molar-refractivity contribution in [1.29, 1.82) is 0 Å². The highest BCUT2D eigenvalue weighted by Gasteiger charge is 2.39. The summed E-state index contributed by atoms with van der Waals surface area (Å²) in [6.45, 7) is 6.22. The number of nitrogens with zero attached hydrogens (tertiary/aromatic N) is 3. The molecular formula is C30H31N5O3. The molecule has 1 atom stereocenters. The molecule has 0 bridgehead atoms. The molecule has 6 rings (SSSR count). The molecule has 2 N–H and O–H groups in total. The Kier molecular flexibility index (Phi) is 6.41. The van der Waals surface area contributed by atoms with E-state index in [1.54, 1.807) is 4.90 Å². The lowest BCUT2D eigenvalue weighted by molar-refractivity contribution is -0.136. The minimum Gasteiger partial charge on any atom is -0.381 e. The number of hydrogen-bond acceptors (Lipinski definition) is 6. The van der Waals surface area contributed by atoms with Crippen molar-refractivity contribution in [3.05, 3.63) is 94.3 Å². The average Bonchev–Trinajstić information content (AvgIpc) is 3.23. The number of aromatic nitrogens is 1. The van der Waals surface area contributed by atoms with Crippen LogP contribution in [-0.4, -0.2) is 51.6 Å². The zero-order valence-electron chi connectivity index (χ0n) is 21.4. The summed E-state index contributed by atoms with van der Waals surface area (Å²) in [5.74, 6) is -0.260. The zero-order valence-corrected chi connectivity index (χ0v) is 21.4. The summed E-state index contributed by atoms with van der Waals surface area (Å²) in [5.41, 5.74) is 7.51. The third-order valence-electron chi connectivity index (χ3n) is 7.98. The van der Waals surface area contributed by atoms with Crippen molar-refractivity contribution in [2.75, 3.05) is 18.4 Å². The first kappa shape index (κ1) is 24.3. The molecule has 0 spiro atoms. The first-order valence-electron chi connectivity index (χ1n) is 13.2. The van der Waals surface area contributed by atoms with Crippen molar-refractivity contribution in [1.82, 2.24) is 20.1 Å². The number of rotatable bonds is 7. The van der Waals surface area contributed by atoms with E-state index in [4.69, 9.17) is 0 Å². The van der Waals surface area contributed by atoms with Crippen molar-refractivity contribution in [2.24, 2.45) is 0 Å². The molecule has 2 aromatic carbocycles. The molecule has 3 aromatic rings. The number of carbonyl (C=O) groups excluding carboxylic acids is 3. The smallest absolute Gasteiger partial charge is 0.255 e. The Balaban J connectivity index is 1.07. The van der Waals surface area contributed by atoms with Gasteiger partial charge in [-0.05, 0) is 53.8 Å². The van der Waals surface area contributed by atoms with Crippen LogP contribution in [0.15, 0.2) is 60.9 Å². The van der Waals surface area contributed by atoms with Gasteiger partial charge >= 0.3 is 0 Å². The fourth-order valence-corrected chi connectivity index (χ4v) is 5.76. The van der Waals surface area contributed by atoms with E-state index < -0.39 is 11.9 Å². The molecule has 0 aliphatic carbocycles. The first-order valence-corrected chi connectivity index (χ1v) is 13.2. The lowest BCUT2D eigenvalue weighted by Crippen LogP contribution is -2.52. The SMILES string of the molecule is Cc1cc(CNc2cccc3c2CN(C2CCC(=O)NC2=O)C3=O)ccc1CN1CC(c2cccnc2)C1. The highest BCUT2D eigenvalue weighted by Crippen LogP contribution is 2.33. The molecule has 2 saturated heterocycles. The van der Waals surface area contributed by atoms with Crippen LogP contribution < -0.4 is 10.6 Å². The second kappa shape index (κ2) is 10.0. The number of imide groups is 1. The molecule has 3 amide bonds. The normalized spacial score (nSPS) is 19.8. The molecule has 0 radical (unpaired) electrons. The van der Waals surface area contributed by atoms with Crippen LogP contribution in [0.5, 0.6) is 0 Å². The summed E-state index contributed by atoms with van der Waals surface area (Å²) in [5, 5.41) is 5.87. The molecule has 0 saturated carbocycles. The Labute approximate surface area is 222 Å². The maximum absolute atomic E-state index is 13.1. The second-order valence-electron chi connectivity index (χ2n) is 10.5. The van der Waals surface area contributed by atoms with Crippen molar-refractivity contribution in [3.63, 3.8) is 0 Å². The standard InChI is InChI=1S/C30H31N5O3/c1-19-12-20(7-8-22(19)15-34-16-23(17-34)21-4-3-11-31-14-21)13-32-26-6-2-5-24-25(26)18-35(30(24)38)27-9-10-28(36)33-29(27)37/h2-8,11-12,14,23,27,32H,9-10,13,15-18H2,1H3,(H,33,36,37). The summed E-state index contributed by atoms with van der Waals surface area (Å²) in [7, 11) is 0. The number of carbonyl (C=O) groups is 3. The Hall–Kier alpha value is -4.04. The highest BCUT2D eigenvalue weighted by molar-refractivity contribution is 6.06. The van der Waals surface area contributed by atoms with E-state index in [-0.39, 0.29) is 18.2 Å². The van der Waals surface area contributed by atoms with E-state index in [1.165, 1.54) is 22.3 Å². The number of anilines is 1. The Morgan fingerprint density at radius 3 is 2.71 bits per heavy atom. The van der Waals surface area contributed by atoms with Gasteiger partial charge in [-0.1, -0.05) is 30.3 Å². The maximum atomic E-state index is 13.1. The van der Waals surface area contributed by atoms with Crippen LogP contribution in [0.4, 0.5) is 5.69 Å². The van der Waals surface area contributed by atoms with Crippen LogP contribution in [0.3, 0.4) is 0 Å². The molecular weight excluding hydrogens is 478 g/mol. The Bertz CT molecular complexity index is 1400. The van der Waals surface area contributed by atoms with Gasteiger partial charge < -0.3 is 10.2 Å². The van der Waals surface area contributed by atoms with Crippen LogP contribution >= 0.6 is 0 Å². The van der Waals surface area contributed by atoms with Gasteiger partial charge in [-0.25, -0.2) is 0 Å². The summed E-state index contributed by atoms with van der Waals surface area (Å²) in [6.07, 6.45) is 4.40. The van der Waals surface area contributed by atoms with Gasteiger partial charge in [-0.15, -0.1) is 0 Å². The van der Waals surface area contributed by atoms with Crippen LogP contribution in [0.2, 0.25) is 0 Å². The van der Waals surface area contributed by atoms with E-state index in [0.29, 0.717) is 31.0 Å². The molecule has 8 nitrogen and oxygen atoms in total. The van der Waals surface area contributed by atoms with Crippen LogP contribution in [0.25, 0.3) is 0 Å². The largest absolute Gasteiger partial charge is 0.381 e. The number of benzene rings is 2. The quantitative estimate of drug-likeness (QED) is 0.475. The molecule has 3 aliphatic heterocycles. The second-order valence-corrected chi connectivity index (χ2v) is 10.5. The molecule has 3 aliphatic rings. The molecule has 1 aromatic heterocycles. The summed E-state index contributed by atoms with van der Waals surface area (Å²) < 4.78 is 0. The summed E-state index contributed by atoms with van der Waals surface area (Å²) >= 11 is 0. The van der Waals surface area contributed by atoms with Crippen molar-refractivity contribution in [3.8, 4) is 0 Å². The molecule has 4 heterocycles. The van der Waals surface area contributed by atoms with Gasteiger partial charge in [0.1, 0.15) is 6.04 Å². The number of nitrogens with one attached hydrogen (secondary N) is 2. The lowest BCUT2D eigenvalue weighted by Gasteiger charge is -2.39. The van der Waals surface area contributed by atoms with Gasteiger partial charge in [-0.2, -0.15) is 0 Å². The zero-order chi connectivity index (χ0) is 26.2. The van der Waals surface area contributed by atoms with Gasteiger partial charge in [0, 0.05) is 74.3 Å². The molecule has 2 fully saturated rings. The molecule has 8 heteroatoms. The first-order chi connectivity index (χ1) is 18.5. The number of likely N-dealkylation sites (tertiary alicyclic amines) is 1. The van der Waals surface area contributed by atoms with Crippen LogP contribution in [0.1, 0.15) is 56.9 Å². The van der Waals surface area contributed by atoms with E-state index in [0.717, 1.165) is 30.9 Å². The minimum absolute atomic E-state index is 0.157. The fraction of sp³-hybridized carbons (Fsp3) is 0.333. The average molecular weight is 510 g/mol. The fourth-order valence-electron chi connectivity index (χ4n) is 5.76. The van der Waals surface area contributed by atoms with Crippen molar-refractivity contribution >= 4 is 23.4 Å². The topological polar surface area (TPSA) is 94.6 Å². The Morgan fingerprint density at radius 2 is 1.95 bits per heavy atom. The number of pyridine rings is 1. The number of hydrogen-bond donors (Lipinski definition) is 2. The maximum Gasteiger partial charge on any atom is 0.255 e. The van der Waals surface area contributed by atoms with E-state index >= 15 is 0 Å².